The molecule has 4 heteroatoms. The fraction of sp³-hybridized carbons (Fsp3) is 0.462. The van der Waals surface area contributed by atoms with Crippen LogP contribution in [0.5, 0.6) is 0 Å². The Morgan fingerprint density at radius 3 is 2.47 bits per heavy atom. The molecule has 2 atom stereocenters. The van der Waals surface area contributed by atoms with Crippen molar-refractivity contribution in [3.05, 3.63) is 41.1 Å². The van der Waals surface area contributed by atoms with Gasteiger partial charge in [0.05, 0.1) is 0 Å². The van der Waals surface area contributed by atoms with E-state index in [2.05, 4.69) is 0 Å². The molecule has 0 amide bonds. The fourth-order valence-electron chi connectivity index (χ4n) is 2.33. The third-order valence-corrected chi connectivity index (χ3v) is 3.65. The Kier molecular flexibility index (Phi) is 2.93. The summed E-state index contributed by atoms with van der Waals surface area (Å²) in [5, 5.41) is 23.6. The van der Waals surface area contributed by atoms with Crippen molar-refractivity contribution >= 4 is 5.71 Å². The lowest BCUT2D eigenvalue weighted by Crippen LogP contribution is -2.47. The zero-order chi connectivity index (χ0) is 12.6. The Morgan fingerprint density at radius 1 is 1.41 bits per heavy atom. The lowest BCUT2D eigenvalue weighted by atomic mass is 10.1. The van der Waals surface area contributed by atoms with Gasteiger partial charge < -0.3 is 10.4 Å². The Morgan fingerprint density at radius 2 is 2.00 bits per heavy atom. The van der Waals surface area contributed by atoms with Gasteiger partial charge in [-0.15, -0.1) is 5.06 Å². The summed E-state index contributed by atoms with van der Waals surface area (Å²) in [7, 11) is 0. The molecule has 0 saturated carbocycles. The van der Waals surface area contributed by atoms with Crippen molar-refractivity contribution in [1.29, 1.82) is 0 Å². The standard InChI is InChI=1S/C13H18N2O2/c1-4-13(3)14(16)10(2)12(15(13)17)11-8-6-5-7-9-11/h5-10,16H,4H2,1-3H3/t10-,13-/m1/s1. The highest BCUT2D eigenvalue weighted by Crippen LogP contribution is 2.29. The third kappa shape index (κ3) is 1.64. The van der Waals surface area contributed by atoms with Crippen molar-refractivity contribution in [3.63, 3.8) is 0 Å². The summed E-state index contributed by atoms with van der Waals surface area (Å²) in [6.45, 7) is 5.50. The van der Waals surface area contributed by atoms with E-state index in [0.29, 0.717) is 12.1 Å². The second-order valence-corrected chi connectivity index (χ2v) is 4.64. The number of hydrogen-bond acceptors (Lipinski definition) is 3. The Labute approximate surface area is 101 Å². The fourth-order valence-corrected chi connectivity index (χ4v) is 2.33. The van der Waals surface area contributed by atoms with Crippen LogP contribution in [0, 0.1) is 5.21 Å². The van der Waals surface area contributed by atoms with Gasteiger partial charge in [-0.05, 0) is 19.1 Å². The molecule has 0 saturated heterocycles. The summed E-state index contributed by atoms with van der Waals surface area (Å²) in [4.78, 5) is 0. The van der Waals surface area contributed by atoms with Gasteiger partial charge in [-0.3, -0.25) is 0 Å². The molecule has 0 aromatic heterocycles. The molecular weight excluding hydrogens is 216 g/mol. The molecule has 1 N–H and O–H groups in total. The van der Waals surface area contributed by atoms with Crippen LogP contribution in [0.4, 0.5) is 0 Å². The summed E-state index contributed by atoms with van der Waals surface area (Å²) in [5.74, 6) is 0. The van der Waals surface area contributed by atoms with Crippen molar-refractivity contribution in [1.82, 2.24) is 5.06 Å². The van der Waals surface area contributed by atoms with E-state index in [4.69, 9.17) is 0 Å². The number of rotatable bonds is 2. The van der Waals surface area contributed by atoms with Crippen molar-refractivity contribution in [2.75, 3.05) is 0 Å². The summed E-state index contributed by atoms with van der Waals surface area (Å²) in [6, 6.07) is 9.20. The topological polar surface area (TPSA) is 49.5 Å². The maximum absolute atomic E-state index is 12.4. The van der Waals surface area contributed by atoms with E-state index in [1.54, 1.807) is 6.92 Å². The second kappa shape index (κ2) is 4.13. The molecule has 0 bridgehead atoms. The first-order chi connectivity index (χ1) is 8.02. The first kappa shape index (κ1) is 12.1. The monoisotopic (exact) mass is 234 g/mol. The average Bonchev–Trinajstić information content (AvgIpc) is 2.53. The molecule has 1 aliphatic heterocycles. The zero-order valence-corrected chi connectivity index (χ0v) is 10.4. The minimum absolute atomic E-state index is 0.292. The van der Waals surface area contributed by atoms with Crippen LogP contribution in [0.25, 0.3) is 0 Å². The van der Waals surface area contributed by atoms with Gasteiger partial charge in [0.15, 0.2) is 0 Å². The molecule has 0 radical (unpaired) electrons. The smallest absolute Gasteiger partial charge is 0.247 e. The van der Waals surface area contributed by atoms with Crippen molar-refractivity contribution < 1.29 is 9.95 Å². The summed E-state index contributed by atoms with van der Waals surface area (Å²) < 4.78 is 0.938. The molecule has 2 rings (SSSR count). The lowest BCUT2D eigenvalue weighted by Gasteiger charge is -2.27. The number of hydroxylamine groups is 3. The van der Waals surface area contributed by atoms with Gasteiger partial charge >= 0.3 is 0 Å². The minimum atomic E-state index is -0.870. The molecule has 1 aromatic rings. The van der Waals surface area contributed by atoms with Crippen LogP contribution >= 0.6 is 0 Å². The van der Waals surface area contributed by atoms with Crippen LogP contribution in [0.3, 0.4) is 0 Å². The van der Waals surface area contributed by atoms with E-state index in [-0.39, 0.29) is 6.04 Å². The maximum Gasteiger partial charge on any atom is 0.247 e. The van der Waals surface area contributed by atoms with Gasteiger partial charge in [-0.25, -0.2) is 0 Å². The molecule has 4 nitrogen and oxygen atoms in total. The number of nitrogens with zero attached hydrogens (tertiary/aromatic N) is 2. The van der Waals surface area contributed by atoms with Crippen LogP contribution in [0.2, 0.25) is 0 Å². The van der Waals surface area contributed by atoms with E-state index in [1.807, 2.05) is 44.2 Å². The predicted octanol–water partition coefficient (Wildman–Crippen LogP) is 2.21. The quantitative estimate of drug-likeness (QED) is 0.630. The van der Waals surface area contributed by atoms with E-state index >= 15 is 0 Å². The molecule has 17 heavy (non-hydrogen) atoms. The van der Waals surface area contributed by atoms with Crippen LogP contribution in [0.15, 0.2) is 30.3 Å². The summed E-state index contributed by atoms with van der Waals surface area (Å²) in [5.41, 5.74) is 0.619. The van der Waals surface area contributed by atoms with Gasteiger partial charge in [-0.2, -0.15) is 4.74 Å². The van der Waals surface area contributed by atoms with E-state index in [9.17, 15) is 10.4 Å². The Balaban J connectivity index is 2.53. The lowest BCUT2D eigenvalue weighted by molar-refractivity contribution is -0.585. The second-order valence-electron chi connectivity index (χ2n) is 4.64. The minimum Gasteiger partial charge on any atom is -0.622 e. The van der Waals surface area contributed by atoms with Gasteiger partial charge in [0.2, 0.25) is 11.4 Å². The van der Waals surface area contributed by atoms with Crippen LogP contribution in [0.1, 0.15) is 32.8 Å². The summed E-state index contributed by atoms with van der Waals surface area (Å²) in [6.07, 6.45) is 0.563. The maximum atomic E-state index is 12.4. The van der Waals surface area contributed by atoms with Gasteiger partial charge in [0.1, 0.15) is 6.04 Å². The van der Waals surface area contributed by atoms with Crippen LogP contribution in [-0.2, 0) is 0 Å². The van der Waals surface area contributed by atoms with Crippen LogP contribution < -0.4 is 0 Å². The molecule has 92 valence electrons. The van der Waals surface area contributed by atoms with Gasteiger partial charge in [0.25, 0.3) is 0 Å². The zero-order valence-electron chi connectivity index (χ0n) is 10.4. The average molecular weight is 234 g/mol. The molecule has 0 fully saturated rings. The van der Waals surface area contributed by atoms with E-state index in [0.717, 1.165) is 15.4 Å². The highest BCUT2D eigenvalue weighted by atomic mass is 16.6. The number of hydrogen-bond donors (Lipinski definition) is 1. The molecule has 1 aromatic carbocycles. The summed E-state index contributed by atoms with van der Waals surface area (Å²) >= 11 is 0. The molecular formula is C13H18N2O2. The predicted molar refractivity (Wildman–Crippen MR) is 66.0 cm³/mol. The van der Waals surface area contributed by atoms with E-state index < -0.39 is 5.66 Å². The molecule has 0 unspecified atom stereocenters. The molecule has 1 aliphatic rings. The normalized spacial score (nSPS) is 30.0. The molecule has 1 heterocycles. The van der Waals surface area contributed by atoms with Gasteiger partial charge in [0, 0.05) is 18.9 Å². The van der Waals surface area contributed by atoms with Crippen molar-refractivity contribution in [2.45, 2.75) is 38.9 Å². The van der Waals surface area contributed by atoms with Crippen molar-refractivity contribution in [3.8, 4) is 0 Å². The molecule has 0 spiro atoms. The first-order valence-electron chi connectivity index (χ1n) is 5.90. The number of benzene rings is 1. The van der Waals surface area contributed by atoms with Crippen LogP contribution in [-0.4, -0.2) is 32.4 Å². The Hall–Kier alpha value is -1.39. The van der Waals surface area contributed by atoms with E-state index in [1.165, 1.54) is 0 Å². The highest BCUT2D eigenvalue weighted by Gasteiger charge is 2.51. The largest absolute Gasteiger partial charge is 0.622 e. The van der Waals surface area contributed by atoms with Crippen molar-refractivity contribution in [2.24, 2.45) is 0 Å². The Bertz CT molecular complexity index is 444. The highest BCUT2D eigenvalue weighted by molar-refractivity contribution is 6.01. The SMILES string of the molecule is CC[C@]1(C)N(O)[C@H](C)C(c2ccccc2)=[N+]1[O-]. The third-order valence-electron chi connectivity index (χ3n) is 3.65. The first-order valence-corrected chi connectivity index (χ1v) is 5.90. The molecule has 0 aliphatic carbocycles. The van der Waals surface area contributed by atoms with Gasteiger partial charge in [-0.1, -0.05) is 25.1 Å².